The summed E-state index contributed by atoms with van der Waals surface area (Å²) < 4.78 is 0. The fourth-order valence-corrected chi connectivity index (χ4v) is 8.40. The molecule has 0 amide bonds. The van der Waals surface area contributed by atoms with Crippen molar-refractivity contribution in [2.24, 2.45) is 34.5 Å². The first-order chi connectivity index (χ1) is 13.2. The van der Waals surface area contributed by atoms with Gasteiger partial charge in [0.25, 0.3) is 0 Å². The molecule has 0 heterocycles. The standard InChI is InChI=1S/C27H48/c1-3-5-6-7-23-10-14-25(15-11-23)27-19-16-26(17-20-27,18-21-27)24-12-8-22(4-2)9-13-24/h22-25H,3-21H2,1-2H3. The lowest BCUT2D eigenvalue weighted by Gasteiger charge is -2.60. The van der Waals surface area contributed by atoms with Gasteiger partial charge in [0.1, 0.15) is 0 Å². The van der Waals surface area contributed by atoms with E-state index in [0.29, 0.717) is 0 Å². The van der Waals surface area contributed by atoms with Crippen LogP contribution in [0.15, 0.2) is 0 Å². The van der Waals surface area contributed by atoms with Gasteiger partial charge in [-0.2, -0.15) is 0 Å². The summed E-state index contributed by atoms with van der Waals surface area (Å²) in [5.41, 5.74) is 1.61. The lowest BCUT2D eigenvalue weighted by molar-refractivity contribution is -0.0958. The number of unbranched alkanes of at least 4 members (excludes halogenated alkanes) is 2. The van der Waals surface area contributed by atoms with Crippen molar-refractivity contribution in [3.63, 3.8) is 0 Å². The SMILES string of the molecule is CCCCCC1CCC(C23CCC(C4CCC(CC)CC4)(CC2)CC3)CC1. The molecule has 0 unspecified atom stereocenters. The second-order valence-corrected chi connectivity index (χ2v) is 11.6. The zero-order valence-electron chi connectivity index (χ0n) is 18.7. The molecule has 5 aliphatic rings. The molecule has 156 valence electrons. The third-order valence-electron chi connectivity index (χ3n) is 10.6. The highest BCUT2D eigenvalue weighted by Crippen LogP contribution is 2.66. The minimum absolute atomic E-state index is 0.802. The van der Waals surface area contributed by atoms with Gasteiger partial charge in [0.05, 0.1) is 0 Å². The summed E-state index contributed by atoms with van der Waals surface area (Å²) in [6, 6.07) is 0. The van der Waals surface area contributed by atoms with Crippen LogP contribution >= 0.6 is 0 Å². The van der Waals surface area contributed by atoms with Crippen LogP contribution in [0.1, 0.15) is 136 Å². The zero-order valence-corrected chi connectivity index (χ0v) is 18.7. The van der Waals surface area contributed by atoms with Crippen LogP contribution in [-0.2, 0) is 0 Å². The van der Waals surface area contributed by atoms with Gasteiger partial charge in [-0.05, 0) is 98.7 Å². The smallest absolute Gasteiger partial charge is 0.0269 e. The van der Waals surface area contributed by atoms with Gasteiger partial charge in [-0.25, -0.2) is 0 Å². The maximum absolute atomic E-state index is 2.41. The van der Waals surface area contributed by atoms with Crippen LogP contribution in [0.2, 0.25) is 0 Å². The van der Waals surface area contributed by atoms with E-state index >= 15 is 0 Å². The molecule has 0 atom stereocenters. The van der Waals surface area contributed by atoms with E-state index in [1.54, 1.807) is 89.9 Å². The monoisotopic (exact) mass is 372 g/mol. The second kappa shape index (κ2) is 8.79. The van der Waals surface area contributed by atoms with Crippen molar-refractivity contribution >= 4 is 0 Å². The molecule has 0 radical (unpaired) electrons. The number of fused-ring (bicyclic) bond motifs is 3. The van der Waals surface area contributed by atoms with E-state index in [2.05, 4.69) is 13.8 Å². The first-order valence-electron chi connectivity index (χ1n) is 13.2. The normalized spacial score (nSPS) is 45.1. The van der Waals surface area contributed by atoms with Gasteiger partial charge < -0.3 is 0 Å². The summed E-state index contributed by atoms with van der Waals surface area (Å²) in [6.45, 7) is 4.76. The first kappa shape index (κ1) is 20.3. The van der Waals surface area contributed by atoms with Crippen LogP contribution in [0.25, 0.3) is 0 Å². The fraction of sp³-hybridized carbons (Fsp3) is 1.00. The summed E-state index contributed by atoms with van der Waals surface area (Å²) in [5.74, 6) is 4.36. The van der Waals surface area contributed by atoms with Crippen molar-refractivity contribution in [1.82, 2.24) is 0 Å². The zero-order chi connectivity index (χ0) is 18.7. The Hall–Kier alpha value is 0. The Morgan fingerprint density at radius 3 is 1.41 bits per heavy atom. The van der Waals surface area contributed by atoms with Crippen LogP contribution < -0.4 is 0 Å². The van der Waals surface area contributed by atoms with Crippen molar-refractivity contribution in [1.29, 1.82) is 0 Å². The Bertz CT molecular complexity index is 422. The van der Waals surface area contributed by atoms with E-state index in [1.807, 2.05) is 0 Å². The Morgan fingerprint density at radius 1 is 0.556 bits per heavy atom. The maximum atomic E-state index is 2.41. The van der Waals surface area contributed by atoms with Crippen LogP contribution in [0.4, 0.5) is 0 Å². The summed E-state index contributed by atoms with van der Waals surface area (Å²) >= 11 is 0. The Kier molecular flexibility index (Phi) is 6.60. The molecular weight excluding hydrogens is 324 g/mol. The average molecular weight is 373 g/mol. The molecule has 0 aromatic carbocycles. The number of hydrogen-bond acceptors (Lipinski definition) is 0. The van der Waals surface area contributed by atoms with Gasteiger partial charge in [0.15, 0.2) is 0 Å². The van der Waals surface area contributed by atoms with E-state index in [9.17, 15) is 0 Å². The van der Waals surface area contributed by atoms with Crippen molar-refractivity contribution < 1.29 is 0 Å². The van der Waals surface area contributed by atoms with Crippen molar-refractivity contribution in [3.8, 4) is 0 Å². The molecule has 0 nitrogen and oxygen atoms in total. The Morgan fingerprint density at radius 2 is 1.00 bits per heavy atom. The molecule has 0 aromatic rings. The van der Waals surface area contributed by atoms with Crippen molar-refractivity contribution in [2.75, 3.05) is 0 Å². The third kappa shape index (κ3) is 4.16. The topological polar surface area (TPSA) is 0 Å². The number of rotatable bonds is 7. The summed E-state index contributed by atoms with van der Waals surface area (Å²) in [5, 5.41) is 0. The molecule has 5 fully saturated rings. The van der Waals surface area contributed by atoms with E-state index in [4.69, 9.17) is 0 Å². The van der Waals surface area contributed by atoms with Crippen molar-refractivity contribution in [3.05, 3.63) is 0 Å². The molecule has 5 rings (SSSR count). The lowest BCUT2D eigenvalue weighted by atomic mass is 9.45. The lowest BCUT2D eigenvalue weighted by Crippen LogP contribution is -2.49. The minimum atomic E-state index is 0.802. The molecule has 2 bridgehead atoms. The molecule has 27 heavy (non-hydrogen) atoms. The van der Waals surface area contributed by atoms with Crippen LogP contribution in [0.5, 0.6) is 0 Å². The highest BCUT2D eigenvalue weighted by Gasteiger charge is 2.54. The quantitative estimate of drug-likeness (QED) is 0.391. The largest absolute Gasteiger partial charge is 0.0654 e. The minimum Gasteiger partial charge on any atom is -0.0654 e. The molecule has 0 N–H and O–H groups in total. The summed E-state index contributed by atoms with van der Waals surface area (Å²) in [4.78, 5) is 0. The first-order valence-corrected chi connectivity index (χ1v) is 13.2. The van der Waals surface area contributed by atoms with Crippen LogP contribution in [0.3, 0.4) is 0 Å². The summed E-state index contributed by atoms with van der Waals surface area (Å²) in [7, 11) is 0. The number of hydrogen-bond donors (Lipinski definition) is 0. The Balaban J connectivity index is 1.27. The molecule has 0 spiro atoms. The molecule has 0 aliphatic heterocycles. The van der Waals surface area contributed by atoms with Crippen LogP contribution in [0, 0.1) is 34.5 Å². The predicted octanol–water partition coefficient (Wildman–Crippen LogP) is 8.93. The molecule has 5 aliphatic carbocycles. The molecular formula is C27H48. The highest BCUT2D eigenvalue weighted by molar-refractivity contribution is 5.05. The van der Waals surface area contributed by atoms with Gasteiger partial charge in [-0.15, -0.1) is 0 Å². The van der Waals surface area contributed by atoms with E-state index < -0.39 is 0 Å². The molecule has 0 heteroatoms. The van der Waals surface area contributed by atoms with Gasteiger partial charge in [-0.3, -0.25) is 0 Å². The Labute approximate surface area is 170 Å². The fourth-order valence-electron chi connectivity index (χ4n) is 8.40. The summed E-state index contributed by atoms with van der Waals surface area (Å²) in [6.07, 6.45) is 29.6. The third-order valence-corrected chi connectivity index (χ3v) is 10.6. The van der Waals surface area contributed by atoms with E-state index in [0.717, 1.165) is 34.5 Å². The highest BCUT2D eigenvalue weighted by atomic mass is 14.6. The second-order valence-electron chi connectivity index (χ2n) is 11.6. The van der Waals surface area contributed by atoms with E-state index in [-0.39, 0.29) is 0 Å². The van der Waals surface area contributed by atoms with E-state index in [1.165, 1.54) is 32.1 Å². The van der Waals surface area contributed by atoms with Crippen LogP contribution in [-0.4, -0.2) is 0 Å². The maximum Gasteiger partial charge on any atom is -0.0269 e. The predicted molar refractivity (Wildman–Crippen MR) is 118 cm³/mol. The molecule has 0 saturated heterocycles. The molecule has 0 aromatic heterocycles. The van der Waals surface area contributed by atoms with Gasteiger partial charge >= 0.3 is 0 Å². The van der Waals surface area contributed by atoms with Crippen molar-refractivity contribution in [2.45, 2.75) is 136 Å². The van der Waals surface area contributed by atoms with Gasteiger partial charge in [0.2, 0.25) is 0 Å². The van der Waals surface area contributed by atoms with Gasteiger partial charge in [-0.1, -0.05) is 71.6 Å². The molecule has 5 saturated carbocycles. The van der Waals surface area contributed by atoms with Gasteiger partial charge in [0, 0.05) is 0 Å². The average Bonchev–Trinajstić information content (AvgIpc) is 2.76.